The van der Waals surface area contributed by atoms with Crippen LogP contribution in [0.3, 0.4) is 0 Å². The Bertz CT molecular complexity index is 1520. The molecular formula is C32H40ClN3O7S. The van der Waals surface area contributed by atoms with Crippen LogP contribution in [0.25, 0.3) is 0 Å². The van der Waals surface area contributed by atoms with Crippen molar-refractivity contribution in [2.24, 2.45) is 0 Å². The van der Waals surface area contributed by atoms with Crippen molar-refractivity contribution in [2.45, 2.75) is 44.0 Å². The van der Waals surface area contributed by atoms with Gasteiger partial charge in [0.1, 0.15) is 18.3 Å². The zero-order chi connectivity index (χ0) is 32.3. The predicted octanol–water partition coefficient (Wildman–Crippen LogP) is 4.94. The normalized spacial score (nSPS) is 11.8. The molecule has 0 radical (unpaired) electrons. The molecule has 0 saturated heterocycles. The van der Waals surface area contributed by atoms with Gasteiger partial charge in [0.2, 0.25) is 11.8 Å². The Morgan fingerprint density at radius 1 is 0.886 bits per heavy atom. The van der Waals surface area contributed by atoms with Gasteiger partial charge in [-0.1, -0.05) is 55.8 Å². The van der Waals surface area contributed by atoms with Crippen LogP contribution in [0.2, 0.25) is 5.02 Å². The number of hydrogen-bond acceptors (Lipinski definition) is 7. The highest BCUT2D eigenvalue weighted by Gasteiger charge is 2.35. The minimum atomic E-state index is -4.41. The predicted molar refractivity (Wildman–Crippen MR) is 171 cm³/mol. The number of nitrogens with zero attached hydrogens (tertiary/aromatic N) is 2. The molecule has 0 aliphatic rings. The average molecular weight is 646 g/mol. The number of nitrogens with one attached hydrogen (secondary N) is 1. The lowest BCUT2D eigenvalue weighted by Crippen LogP contribution is -2.53. The third kappa shape index (κ3) is 8.35. The smallest absolute Gasteiger partial charge is 0.265 e. The Balaban J connectivity index is 2.12. The molecule has 0 saturated carbocycles. The van der Waals surface area contributed by atoms with Gasteiger partial charge < -0.3 is 24.4 Å². The van der Waals surface area contributed by atoms with Crippen LogP contribution in [0.15, 0.2) is 71.6 Å². The number of anilines is 1. The summed E-state index contributed by atoms with van der Waals surface area (Å²) in [5.74, 6) is -0.142. The van der Waals surface area contributed by atoms with E-state index in [1.807, 2.05) is 44.2 Å². The maximum absolute atomic E-state index is 14.3. The highest BCUT2D eigenvalue weighted by Crippen LogP contribution is 2.37. The highest BCUT2D eigenvalue weighted by atomic mass is 35.5. The summed E-state index contributed by atoms with van der Waals surface area (Å²) in [5, 5.41) is 3.12. The molecule has 0 fully saturated rings. The molecule has 0 heterocycles. The van der Waals surface area contributed by atoms with E-state index in [9.17, 15) is 18.0 Å². The summed E-state index contributed by atoms with van der Waals surface area (Å²) in [4.78, 5) is 28.8. The number of halogens is 1. The molecule has 1 N–H and O–H groups in total. The van der Waals surface area contributed by atoms with Crippen LogP contribution in [-0.4, -0.2) is 72.1 Å². The summed E-state index contributed by atoms with van der Waals surface area (Å²) in [5.41, 5.74) is 1.04. The molecule has 0 spiro atoms. The SMILES string of the molecule is CCCNC(=O)[C@@H](CC)N(CCc1ccccc1)C(=O)CN(c1cc(Cl)ccc1OC)S(=O)(=O)c1ccc(OC)c(OC)c1. The molecule has 0 aromatic heterocycles. The number of rotatable bonds is 16. The van der Waals surface area contributed by atoms with Crippen molar-refractivity contribution >= 4 is 39.1 Å². The number of ether oxygens (including phenoxy) is 3. The number of amides is 2. The fourth-order valence-corrected chi connectivity index (χ4v) is 6.34. The molecule has 3 aromatic rings. The summed E-state index contributed by atoms with van der Waals surface area (Å²) in [6.07, 6.45) is 1.53. The molecule has 1 atom stereocenters. The van der Waals surface area contributed by atoms with E-state index in [-0.39, 0.29) is 39.6 Å². The monoisotopic (exact) mass is 645 g/mol. The molecule has 44 heavy (non-hydrogen) atoms. The van der Waals surface area contributed by atoms with Gasteiger partial charge in [0.05, 0.1) is 31.9 Å². The Kier molecular flexibility index (Phi) is 12.7. The molecule has 0 unspecified atom stereocenters. The standard InChI is InChI=1S/C32H40ClN3O7S/c1-6-18-34-32(38)26(7-2)35(19-17-23-11-9-8-10-12-23)31(37)22-36(27-20-24(33)13-15-28(27)41-3)44(39,40)25-14-16-29(42-4)30(21-25)43-5/h8-16,20-21,26H,6-7,17-19,22H2,1-5H3,(H,34,38)/t26-/m1/s1. The minimum absolute atomic E-state index is 0.0645. The summed E-state index contributed by atoms with van der Waals surface area (Å²) >= 11 is 6.32. The molecule has 12 heteroatoms. The van der Waals surface area contributed by atoms with E-state index in [0.717, 1.165) is 16.3 Å². The van der Waals surface area contributed by atoms with Crippen LogP contribution in [0.1, 0.15) is 32.3 Å². The van der Waals surface area contributed by atoms with Gasteiger partial charge in [-0.2, -0.15) is 0 Å². The van der Waals surface area contributed by atoms with E-state index in [0.29, 0.717) is 25.1 Å². The van der Waals surface area contributed by atoms with Crippen molar-refractivity contribution in [2.75, 3.05) is 45.3 Å². The average Bonchev–Trinajstić information content (AvgIpc) is 3.04. The quantitative estimate of drug-likeness (QED) is 0.235. The van der Waals surface area contributed by atoms with Crippen LogP contribution >= 0.6 is 11.6 Å². The molecule has 10 nitrogen and oxygen atoms in total. The Morgan fingerprint density at radius 3 is 2.16 bits per heavy atom. The van der Waals surface area contributed by atoms with E-state index in [4.69, 9.17) is 25.8 Å². The Hall–Kier alpha value is -3.96. The molecule has 2 amide bonds. The Morgan fingerprint density at radius 2 is 1.55 bits per heavy atom. The van der Waals surface area contributed by atoms with Crippen molar-refractivity contribution in [3.63, 3.8) is 0 Å². The first-order chi connectivity index (χ1) is 21.1. The molecule has 0 bridgehead atoms. The molecule has 3 aromatic carbocycles. The lowest BCUT2D eigenvalue weighted by atomic mass is 10.1. The van der Waals surface area contributed by atoms with E-state index in [1.165, 1.54) is 56.6 Å². The number of sulfonamides is 1. The number of carbonyl (C=O) groups is 2. The first kappa shape index (κ1) is 34.5. The van der Waals surface area contributed by atoms with Crippen molar-refractivity contribution in [1.82, 2.24) is 10.2 Å². The van der Waals surface area contributed by atoms with E-state index in [2.05, 4.69) is 5.32 Å². The lowest BCUT2D eigenvalue weighted by Gasteiger charge is -2.33. The summed E-state index contributed by atoms with van der Waals surface area (Å²) < 4.78 is 45.7. The van der Waals surface area contributed by atoms with E-state index in [1.54, 1.807) is 6.07 Å². The number of carbonyl (C=O) groups excluding carboxylic acids is 2. The molecular weight excluding hydrogens is 606 g/mol. The summed E-state index contributed by atoms with van der Waals surface area (Å²) in [6.45, 7) is 3.78. The lowest BCUT2D eigenvalue weighted by molar-refractivity contribution is -0.139. The number of benzene rings is 3. The van der Waals surface area contributed by atoms with E-state index >= 15 is 0 Å². The van der Waals surface area contributed by atoms with Crippen LogP contribution < -0.4 is 23.8 Å². The van der Waals surface area contributed by atoms with Gasteiger partial charge in [-0.3, -0.25) is 13.9 Å². The molecule has 238 valence electrons. The third-order valence-corrected chi connectivity index (χ3v) is 9.04. The summed E-state index contributed by atoms with van der Waals surface area (Å²) in [7, 11) is -0.176. The van der Waals surface area contributed by atoms with Gasteiger partial charge in [0, 0.05) is 24.2 Å². The second-order valence-corrected chi connectivity index (χ2v) is 12.2. The zero-order valence-electron chi connectivity index (χ0n) is 25.7. The first-order valence-corrected chi connectivity index (χ1v) is 16.1. The summed E-state index contributed by atoms with van der Waals surface area (Å²) in [6, 6.07) is 17.4. The van der Waals surface area contributed by atoms with Gasteiger partial charge in [-0.25, -0.2) is 8.42 Å². The van der Waals surface area contributed by atoms with Crippen molar-refractivity contribution < 1.29 is 32.2 Å². The van der Waals surface area contributed by atoms with Gasteiger partial charge in [0.25, 0.3) is 10.0 Å². The molecule has 3 rings (SSSR count). The fraction of sp³-hybridized carbons (Fsp3) is 0.375. The molecule has 0 aliphatic carbocycles. The van der Waals surface area contributed by atoms with Crippen LogP contribution in [0, 0.1) is 0 Å². The van der Waals surface area contributed by atoms with Crippen LogP contribution in [-0.2, 0) is 26.0 Å². The number of hydrogen-bond donors (Lipinski definition) is 1. The second kappa shape index (κ2) is 16.2. The second-order valence-electron chi connectivity index (χ2n) is 9.88. The third-order valence-electron chi connectivity index (χ3n) is 7.05. The maximum atomic E-state index is 14.3. The fourth-order valence-electron chi connectivity index (χ4n) is 4.74. The van der Waals surface area contributed by atoms with Crippen LogP contribution in [0.4, 0.5) is 5.69 Å². The topological polar surface area (TPSA) is 114 Å². The van der Waals surface area contributed by atoms with E-state index < -0.39 is 28.5 Å². The highest BCUT2D eigenvalue weighted by molar-refractivity contribution is 7.92. The zero-order valence-corrected chi connectivity index (χ0v) is 27.3. The first-order valence-electron chi connectivity index (χ1n) is 14.3. The largest absolute Gasteiger partial charge is 0.495 e. The van der Waals surface area contributed by atoms with Gasteiger partial charge >= 0.3 is 0 Å². The maximum Gasteiger partial charge on any atom is 0.265 e. The van der Waals surface area contributed by atoms with Crippen molar-refractivity contribution in [3.8, 4) is 17.2 Å². The van der Waals surface area contributed by atoms with Gasteiger partial charge in [-0.15, -0.1) is 0 Å². The molecule has 0 aliphatic heterocycles. The van der Waals surface area contributed by atoms with Gasteiger partial charge in [0.15, 0.2) is 11.5 Å². The Labute approximate surface area is 264 Å². The van der Waals surface area contributed by atoms with Crippen LogP contribution in [0.5, 0.6) is 17.2 Å². The number of methoxy groups -OCH3 is 3. The van der Waals surface area contributed by atoms with Crippen molar-refractivity contribution in [1.29, 1.82) is 0 Å². The van der Waals surface area contributed by atoms with Gasteiger partial charge in [-0.05, 0) is 55.2 Å². The minimum Gasteiger partial charge on any atom is -0.495 e. The van der Waals surface area contributed by atoms with Crippen molar-refractivity contribution in [3.05, 3.63) is 77.3 Å².